The number of pyridine rings is 1. The second kappa shape index (κ2) is 9.17. The number of ether oxygens (including phenoxy) is 1. The van der Waals surface area contributed by atoms with E-state index in [-0.39, 0.29) is 0 Å². The number of methoxy groups -OCH3 is 1. The summed E-state index contributed by atoms with van der Waals surface area (Å²) in [6, 6.07) is 11.4. The Hall–Kier alpha value is -3.15. The molecule has 3 rings (SSSR count). The molecule has 0 unspecified atom stereocenters. The van der Waals surface area contributed by atoms with Gasteiger partial charge >= 0.3 is 5.97 Å². The number of carbonyl (C=O) groups is 1. The average Bonchev–Trinajstić information content (AvgIpc) is 3.13. The third kappa shape index (κ3) is 5.19. The number of carboxylic acids is 1. The van der Waals surface area contributed by atoms with Crippen molar-refractivity contribution >= 4 is 5.97 Å². The topological polar surface area (TPSA) is 77.2 Å². The first-order valence-corrected chi connectivity index (χ1v) is 9.39. The normalized spacial score (nSPS) is 10.8. The van der Waals surface area contributed by atoms with Crippen molar-refractivity contribution in [1.82, 2.24) is 14.5 Å². The van der Waals surface area contributed by atoms with Crippen LogP contribution in [0.5, 0.6) is 5.75 Å². The Morgan fingerprint density at radius 1 is 1.14 bits per heavy atom. The highest BCUT2D eigenvalue weighted by Crippen LogP contribution is 2.14. The smallest absolute Gasteiger partial charge is 0.335 e. The van der Waals surface area contributed by atoms with Gasteiger partial charge in [-0.25, -0.2) is 9.78 Å². The lowest BCUT2D eigenvalue weighted by Gasteiger charge is -2.09. The third-order valence-corrected chi connectivity index (χ3v) is 4.69. The van der Waals surface area contributed by atoms with Crippen LogP contribution in [0.25, 0.3) is 0 Å². The van der Waals surface area contributed by atoms with E-state index in [1.54, 1.807) is 19.2 Å². The number of nitrogens with zero attached hydrogens (tertiary/aromatic N) is 3. The van der Waals surface area contributed by atoms with Gasteiger partial charge in [0.05, 0.1) is 12.7 Å². The number of benzene rings is 1. The molecule has 2 aromatic heterocycles. The molecule has 2 heterocycles. The van der Waals surface area contributed by atoms with Crippen LogP contribution in [0.1, 0.15) is 39.6 Å². The Balaban J connectivity index is 1.55. The van der Waals surface area contributed by atoms with Crippen molar-refractivity contribution in [2.75, 3.05) is 7.11 Å². The molecule has 28 heavy (non-hydrogen) atoms. The van der Waals surface area contributed by atoms with E-state index in [0.29, 0.717) is 5.56 Å². The lowest BCUT2D eigenvalue weighted by atomic mass is 10.1. The maximum atomic E-state index is 11.2. The minimum Gasteiger partial charge on any atom is -0.497 e. The summed E-state index contributed by atoms with van der Waals surface area (Å²) in [4.78, 5) is 20.1. The first-order chi connectivity index (χ1) is 13.5. The Bertz CT molecular complexity index is 932. The zero-order valence-corrected chi connectivity index (χ0v) is 16.3. The summed E-state index contributed by atoms with van der Waals surface area (Å²) in [6.07, 6.45) is 7.19. The predicted molar refractivity (Wildman–Crippen MR) is 107 cm³/mol. The molecule has 1 N–H and O–H groups in total. The molecule has 0 fully saturated rings. The molecular weight excluding hydrogens is 354 g/mol. The zero-order valence-electron chi connectivity index (χ0n) is 16.3. The van der Waals surface area contributed by atoms with E-state index in [4.69, 9.17) is 4.74 Å². The number of imidazole rings is 1. The minimum atomic E-state index is -0.916. The number of carboxylic acid groups (broad SMARTS) is 1. The molecule has 0 saturated carbocycles. The van der Waals surface area contributed by atoms with Gasteiger partial charge in [-0.1, -0.05) is 12.1 Å². The van der Waals surface area contributed by atoms with E-state index in [0.717, 1.165) is 55.2 Å². The summed E-state index contributed by atoms with van der Waals surface area (Å²) >= 11 is 0. The molecule has 1 aromatic carbocycles. The molecule has 0 amide bonds. The maximum Gasteiger partial charge on any atom is 0.335 e. The summed E-state index contributed by atoms with van der Waals surface area (Å²) in [5.74, 6) is 0.989. The van der Waals surface area contributed by atoms with Crippen molar-refractivity contribution in [2.24, 2.45) is 0 Å². The van der Waals surface area contributed by atoms with Crippen molar-refractivity contribution in [3.63, 3.8) is 0 Å². The first kappa shape index (κ1) is 19.6. The fourth-order valence-corrected chi connectivity index (χ4v) is 3.23. The van der Waals surface area contributed by atoms with Crippen molar-refractivity contribution in [3.05, 3.63) is 77.1 Å². The quantitative estimate of drug-likeness (QED) is 0.613. The Morgan fingerprint density at radius 3 is 2.64 bits per heavy atom. The molecule has 0 aliphatic heterocycles. The van der Waals surface area contributed by atoms with Gasteiger partial charge in [0.2, 0.25) is 0 Å². The van der Waals surface area contributed by atoms with E-state index in [1.807, 2.05) is 31.5 Å². The molecule has 0 spiro atoms. The maximum absolute atomic E-state index is 11.2. The van der Waals surface area contributed by atoms with Gasteiger partial charge in [-0.15, -0.1) is 0 Å². The number of aromatic carboxylic acids is 1. The second-order valence-corrected chi connectivity index (χ2v) is 6.78. The Kier molecular flexibility index (Phi) is 6.42. The van der Waals surface area contributed by atoms with E-state index in [1.165, 1.54) is 5.56 Å². The van der Waals surface area contributed by atoms with Crippen molar-refractivity contribution in [2.45, 2.75) is 39.2 Å². The highest BCUT2D eigenvalue weighted by Gasteiger charge is 2.08. The highest BCUT2D eigenvalue weighted by atomic mass is 16.5. The summed E-state index contributed by atoms with van der Waals surface area (Å²) in [5.41, 5.74) is 3.10. The van der Waals surface area contributed by atoms with Crippen LogP contribution in [0, 0.1) is 6.92 Å². The Labute approximate surface area is 164 Å². The van der Waals surface area contributed by atoms with Crippen LogP contribution in [0.2, 0.25) is 0 Å². The molecule has 0 aliphatic carbocycles. The molecule has 146 valence electrons. The Morgan fingerprint density at radius 2 is 1.93 bits per heavy atom. The van der Waals surface area contributed by atoms with E-state index in [2.05, 4.69) is 26.7 Å². The molecule has 3 aromatic rings. The molecule has 6 nitrogen and oxygen atoms in total. The lowest BCUT2D eigenvalue weighted by molar-refractivity contribution is 0.0696. The first-order valence-electron chi connectivity index (χ1n) is 9.39. The van der Waals surface area contributed by atoms with Crippen LogP contribution in [-0.4, -0.2) is 32.7 Å². The highest BCUT2D eigenvalue weighted by molar-refractivity contribution is 5.87. The molecule has 0 saturated heterocycles. The van der Waals surface area contributed by atoms with Gasteiger partial charge in [-0.3, -0.25) is 4.98 Å². The predicted octanol–water partition coefficient (Wildman–Crippen LogP) is 3.71. The zero-order chi connectivity index (χ0) is 19.9. The van der Waals surface area contributed by atoms with Crippen LogP contribution >= 0.6 is 0 Å². The fraction of sp³-hybridized carbons (Fsp3) is 0.318. The van der Waals surface area contributed by atoms with Crippen molar-refractivity contribution < 1.29 is 14.6 Å². The third-order valence-electron chi connectivity index (χ3n) is 4.69. The standard InChI is InChI=1S/C22H25N3O3/c1-16-14-18(22(26)27)15-19(24-16)4-3-5-21-23-11-13-25(21)12-10-17-6-8-20(28-2)9-7-17/h6-9,11,13-15H,3-5,10,12H2,1-2H3,(H,26,27). The molecular formula is C22H25N3O3. The SMILES string of the molecule is COc1ccc(CCn2ccnc2CCCc2cc(C(=O)O)cc(C)n2)cc1. The number of aryl methyl sites for hydroxylation is 5. The van der Waals surface area contributed by atoms with Crippen LogP contribution in [0.4, 0.5) is 0 Å². The summed E-state index contributed by atoms with van der Waals surface area (Å²) in [6.45, 7) is 2.69. The van der Waals surface area contributed by atoms with Gasteiger partial charge in [0.15, 0.2) is 0 Å². The minimum absolute atomic E-state index is 0.295. The van der Waals surface area contributed by atoms with Gasteiger partial charge in [0, 0.05) is 36.7 Å². The number of rotatable bonds is 9. The summed E-state index contributed by atoms with van der Waals surface area (Å²) in [7, 11) is 1.67. The lowest BCUT2D eigenvalue weighted by Crippen LogP contribution is -2.07. The van der Waals surface area contributed by atoms with E-state index in [9.17, 15) is 9.90 Å². The second-order valence-electron chi connectivity index (χ2n) is 6.78. The van der Waals surface area contributed by atoms with Crippen molar-refractivity contribution in [3.8, 4) is 5.75 Å². The van der Waals surface area contributed by atoms with E-state index >= 15 is 0 Å². The summed E-state index contributed by atoms with van der Waals surface area (Å²) < 4.78 is 7.37. The number of hydrogen-bond acceptors (Lipinski definition) is 4. The van der Waals surface area contributed by atoms with E-state index < -0.39 is 5.97 Å². The van der Waals surface area contributed by atoms with Gasteiger partial charge in [0.1, 0.15) is 11.6 Å². The molecule has 0 aliphatic rings. The molecule has 6 heteroatoms. The largest absolute Gasteiger partial charge is 0.497 e. The van der Waals surface area contributed by atoms with Crippen molar-refractivity contribution in [1.29, 1.82) is 0 Å². The summed E-state index contributed by atoms with van der Waals surface area (Å²) in [5, 5.41) is 9.18. The monoisotopic (exact) mass is 379 g/mol. The van der Waals surface area contributed by atoms with Gasteiger partial charge in [0.25, 0.3) is 0 Å². The van der Waals surface area contributed by atoms with Gasteiger partial charge < -0.3 is 14.4 Å². The number of hydrogen-bond donors (Lipinski definition) is 1. The van der Waals surface area contributed by atoms with Gasteiger partial charge in [-0.05, 0) is 56.0 Å². The van der Waals surface area contributed by atoms with Crippen LogP contribution in [0.15, 0.2) is 48.8 Å². The van der Waals surface area contributed by atoms with Crippen LogP contribution in [-0.2, 0) is 25.8 Å². The molecule has 0 bridgehead atoms. The van der Waals surface area contributed by atoms with Gasteiger partial charge in [-0.2, -0.15) is 0 Å². The fourth-order valence-electron chi connectivity index (χ4n) is 3.23. The molecule has 0 radical (unpaired) electrons. The van der Waals surface area contributed by atoms with Crippen LogP contribution < -0.4 is 4.74 Å². The molecule has 0 atom stereocenters. The average molecular weight is 379 g/mol. The van der Waals surface area contributed by atoms with Crippen LogP contribution in [0.3, 0.4) is 0 Å². The number of aromatic nitrogens is 3.